The molecule has 0 saturated heterocycles. The Morgan fingerprint density at radius 3 is 2.48 bits per heavy atom. The average Bonchev–Trinajstić information content (AvgIpc) is 3.33. The van der Waals surface area contributed by atoms with Gasteiger partial charge in [-0.2, -0.15) is 0 Å². The molecule has 0 bridgehead atoms. The third kappa shape index (κ3) is 5.34. The summed E-state index contributed by atoms with van der Waals surface area (Å²) in [5, 5.41) is 8.07. The summed E-state index contributed by atoms with van der Waals surface area (Å²) >= 11 is 7.78. The lowest BCUT2D eigenvalue weighted by Crippen LogP contribution is -2.44. The van der Waals surface area contributed by atoms with Gasteiger partial charge in [0.05, 0.1) is 6.04 Å². The first-order chi connectivity index (χ1) is 15.1. The SMILES string of the molecule is O=C(NCc1ccccc1Cl)C(=O)NC[C@H](c1cccs1)N1CCc2ccccc2C1. The molecule has 7 heteroatoms. The van der Waals surface area contributed by atoms with Gasteiger partial charge in [0.2, 0.25) is 0 Å². The van der Waals surface area contributed by atoms with Crippen molar-refractivity contribution >= 4 is 34.8 Å². The standard InChI is InChI=1S/C24H24ClN3O2S/c25-20-9-4-3-7-18(20)14-26-23(29)24(30)27-15-21(22-10-5-13-31-22)28-12-11-17-6-1-2-8-19(17)16-28/h1-10,13,21H,11-12,14-16H2,(H,26,29)(H,27,30)/t21-/m1/s1. The minimum Gasteiger partial charge on any atom is -0.346 e. The lowest BCUT2D eigenvalue weighted by atomic mass is 9.98. The van der Waals surface area contributed by atoms with Gasteiger partial charge in [-0.15, -0.1) is 11.3 Å². The van der Waals surface area contributed by atoms with Gasteiger partial charge in [-0.3, -0.25) is 14.5 Å². The zero-order chi connectivity index (χ0) is 21.6. The van der Waals surface area contributed by atoms with Crippen molar-refractivity contribution in [1.82, 2.24) is 15.5 Å². The van der Waals surface area contributed by atoms with Gasteiger partial charge in [-0.1, -0.05) is 60.1 Å². The minimum absolute atomic E-state index is 0.0219. The molecule has 0 unspecified atom stereocenters. The number of hydrogen-bond donors (Lipinski definition) is 2. The molecule has 0 aliphatic carbocycles. The molecule has 2 aromatic carbocycles. The molecule has 5 nitrogen and oxygen atoms in total. The molecular formula is C24H24ClN3O2S. The fourth-order valence-electron chi connectivity index (χ4n) is 3.84. The number of halogens is 1. The predicted molar refractivity (Wildman–Crippen MR) is 124 cm³/mol. The highest BCUT2D eigenvalue weighted by Crippen LogP contribution is 2.30. The molecule has 1 aromatic heterocycles. The van der Waals surface area contributed by atoms with Crippen LogP contribution in [0.2, 0.25) is 5.02 Å². The zero-order valence-electron chi connectivity index (χ0n) is 17.0. The highest BCUT2D eigenvalue weighted by molar-refractivity contribution is 7.10. The molecule has 2 heterocycles. The van der Waals surface area contributed by atoms with Crippen LogP contribution in [0.5, 0.6) is 0 Å². The van der Waals surface area contributed by atoms with Gasteiger partial charge in [-0.25, -0.2) is 0 Å². The normalized spacial score (nSPS) is 14.5. The van der Waals surface area contributed by atoms with Crippen molar-refractivity contribution in [2.24, 2.45) is 0 Å². The van der Waals surface area contributed by atoms with E-state index in [1.54, 1.807) is 17.4 Å². The maximum atomic E-state index is 12.4. The van der Waals surface area contributed by atoms with Crippen molar-refractivity contribution in [3.8, 4) is 0 Å². The fourth-order valence-corrected chi connectivity index (χ4v) is 4.90. The molecule has 0 radical (unpaired) electrons. The van der Waals surface area contributed by atoms with Crippen molar-refractivity contribution in [3.05, 3.63) is 92.6 Å². The number of amides is 2. The van der Waals surface area contributed by atoms with Crippen molar-refractivity contribution < 1.29 is 9.59 Å². The van der Waals surface area contributed by atoms with Crippen molar-refractivity contribution in [1.29, 1.82) is 0 Å². The molecule has 31 heavy (non-hydrogen) atoms. The van der Waals surface area contributed by atoms with Crippen molar-refractivity contribution in [3.63, 3.8) is 0 Å². The van der Waals surface area contributed by atoms with Crippen LogP contribution in [0.4, 0.5) is 0 Å². The van der Waals surface area contributed by atoms with Gasteiger partial charge in [0.25, 0.3) is 0 Å². The van der Waals surface area contributed by atoms with Crippen LogP contribution in [0.3, 0.4) is 0 Å². The Balaban J connectivity index is 1.37. The lowest BCUT2D eigenvalue weighted by molar-refractivity contribution is -0.139. The van der Waals surface area contributed by atoms with E-state index < -0.39 is 11.8 Å². The second-order valence-electron chi connectivity index (χ2n) is 7.50. The average molecular weight is 454 g/mol. The van der Waals surface area contributed by atoms with E-state index >= 15 is 0 Å². The van der Waals surface area contributed by atoms with Crippen molar-refractivity contribution in [2.45, 2.75) is 25.6 Å². The van der Waals surface area contributed by atoms with E-state index in [4.69, 9.17) is 11.6 Å². The van der Waals surface area contributed by atoms with E-state index in [2.05, 4.69) is 45.9 Å². The van der Waals surface area contributed by atoms with Gasteiger partial charge < -0.3 is 10.6 Å². The second kappa shape index (κ2) is 10.1. The van der Waals surface area contributed by atoms with Crippen molar-refractivity contribution in [2.75, 3.05) is 13.1 Å². The monoisotopic (exact) mass is 453 g/mol. The summed E-state index contributed by atoms with van der Waals surface area (Å²) in [6.07, 6.45) is 0.977. The minimum atomic E-state index is -0.658. The molecule has 2 N–H and O–H groups in total. The van der Waals surface area contributed by atoms with Gasteiger partial charge >= 0.3 is 11.8 Å². The maximum absolute atomic E-state index is 12.4. The number of nitrogens with zero attached hydrogens (tertiary/aromatic N) is 1. The number of rotatable bonds is 6. The first-order valence-electron chi connectivity index (χ1n) is 10.3. The van der Waals surface area contributed by atoms with E-state index in [1.807, 2.05) is 29.6 Å². The third-order valence-electron chi connectivity index (χ3n) is 5.53. The quantitative estimate of drug-likeness (QED) is 0.556. The molecule has 4 rings (SSSR count). The zero-order valence-corrected chi connectivity index (χ0v) is 18.6. The summed E-state index contributed by atoms with van der Waals surface area (Å²) in [5.74, 6) is -1.29. The smallest absolute Gasteiger partial charge is 0.309 e. The van der Waals surface area contributed by atoms with Gasteiger partial charge in [-0.05, 0) is 40.6 Å². The Morgan fingerprint density at radius 1 is 0.968 bits per heavy atom. The van der Waals surface area contributed by atoms with E-state index in [1.165, 1.54) is 16.0 Å². The number of carbonyl (C=O) groups is 2. The Morgan fingerprint density at radius 2 is 1.71 bits per heavy atom. The summed E-state index contributed by atoms with van der Waals surface area (Å²) in [6.45, 7) is 2.33. The van der Waals surface area contributed by atoms with E-state index in [9.17, 15) is 9.59 Å². The van der Waals surface area contributed by atoms with Crippen LogP contribution in [0, 0.1) is 0 Å². The van der Waals surface area contributed by atoms with E-state index in [-0.39, 0.29) is 12.6 Å². The third-order valence-corrected chi connectivity index (χ3v) is 6.87. The number of fused-ring (bicyclic) bond motifs is 1. The first-order valence-corrected chi connectivity index (χ1v) is 11.5. The van der Waals surface area contributed by atoms with Gasteiger partial charge in [0.1, 0.15) is 0 Å². The fraction of sp³-hybridized carbons (Fsp3) is 0.250. The number of thiophene rings is 1. The van der Waals surface area contributed by atoms with E-state index in [0.29, 0.717) is 11.6 Å². The summed E-state index contributed by atoms with van der Waals surface area (Å²) in [4.78, 5) is 28.3. The summed E-state index contributed by atoms with van der Waals surface area (Å²) < 4.78 is 0. The van der Waals surface area contributed by atoms with Crippen LogP contribution in [-0.4, -0.2) is 29.8 Å². The lowest BCUT2D eigenvalue weighted by Gasteiger charge is -2.35. The molecule has 0 saturated carbocycles. The summed E-state index contributed by atoms with van der Waals surface area (Å²) in [5.41, 5.74) is 3.47. The number of hydrogen-bond acceptors (Lipinski definition) is 4. The molecule has 1 aliphatic heterocycles. The number of carbonyl (C=O) groups excluding carboxylic acids is 2. The van der Waals surface area contributed by atoms with Crippen LogP contribution in [0.15, 0.2) is 66.0 Å². The predicted octanol–water partition coefficient (Wildman–Crippen LogP) is 3.93. The maximum Gasteiger partial charge on any atom is 0.309 e. The number of nitrogens with one attached hydrogen (secondary N) is 2. The van der Waals surface area contributed by atoms with E-state index in [0.717, 1.165) is 25.1 Å². The van der Waals surface area contributed by atoms with Crippen LogP contribution >= 0.6 is 22.9 Å². The number of benzene rings is 2. The topological polar surface area (TPSA) is 61.4 Å². The van der Waals surface area contributed by atoms with Gasteiger partial charge in [0, 0.05) is 36.1 Å². The van der Waals surface area contributed by atoms with Crippen LogP contribution in [-0.2, 0) is 29.1 Å². The molecule has 3 aromatic rings. The molecule has 160 valence electrons. The highest BCUT2D eigenvalue weighted by atomic mass is 35.5. The first kappa shape index (κ1) is 21.6. The summed E-state index contributed by atoms with van der Waals surface area (Å²) in [7, 11) is 0. The van der Waals surface area contributed by atoms with Crippen LogP contribution in [0.25, 0.3) is 0 Å². The molecule has 1 atom stereocenters. The largest absolute Gasteiger partial charge is 0.346 e. The van der Waals surface area contributed by atoms with Crippen LogP contribution in [0.1, 0.15) is 27.6 Å². The second-order valence-corrected chi connectivity index (χ2v) is 8.89. The molecule has 1 aliphatic rings. The molecule has 0 spiro atoms. The van der Waals surface area contributed by atoms with Gasteiger partial charge in [0.15, 0.2) is 0 Å². The Bertz CT molecular complexity index is 1050. The van der Waals surface area contributed by atoms with Crippen LogP contribution < -0.4 is 10.6 Å². The molecule has 0 fully saturated rings. The highest BCUT2D eigenvalue weighted by Gasteiger charge is 2.26. The Kier molecular flexibility index (Phi) is 7.02. The Labute approximate surface area is 191 Å². The summed E-state index contributed by atoms with van der Waals surface area (Å²) in [6, 6.07) is 19.8. The molecule has 2 amide bonds. The molecular weight excluding hydrogens is 430 g/mol. The Hall–Kier alpha value is -2.67.